The largest absolute Gasteiger partial charge is 0.490 e. The zero-order valence-electron chi connectivity index (χ0n) is 25.1. The molecule has 3 amide bonds. The summed E-state index contributed by atoms with van der Waals surface area (Å²) < 4.78 is 31.7. The molecule has 45 heavy (non-hydrogen) atoms. The van der Waals surface area contributed by atoms with Gasteiger partial charge in [-0.1, -0.05) is 17.7 Å². The summed E-state index contributed by atoms with van der Waals surface area (Å²) in [5, 5.41) is 19.3. The number of fused-ring (bicyclic) bond motifs is 1. The van der Waals surface area contributed by atoms with Gasteiger partial charge in [0.15, 0.2) is 0 Å². The van der Waals surface area contributed by atoms with Crippen LogP contribution in [0.1, 0.15) is 40.2 Å². The first-order valence-electron chi connectivity index (χ1n) is 14.2. The highest BCUT2D eigenvalue weighted by Crippen LogP contribution is 2.32. The molecule has 2 aromatic rings. The Balaban J connectivity index is 0.000000707. The maximum absolute atomic E-state index is 13.2. The van der Waals surface area contributed by atoms with Crippen molar-refractivity contribution < 1.29 is 42.6 Å². The summed E-state index contributed by atoms with van der Waals surface area (Å²) in [5.74, 6) is -2.85. The third kappa shape index (κ3) is 9.75. The van der Waals surface area contributed by atoms with Gasteiger partial charge in [-0.3, -0.25) is 14.5 Å². The minimum Gasteiger partial charge on any atom is -0.481 e. The molecular formula is C29H36ClF3N6O6. The molecule has 0 radical (unpaired) electrons. The van der Waals surface area contributed by atoms with Gasteiger partial charge in [0.1, 0.15) is 6.33 Å². The van der Waals surface area contributed by atoms with E-state index in [1.165, 1.54) is 6.33 Å². The number of nitrogens with zero attached hydrogens (tertiary/aromatic N) is 5. The lowest BCUT2D eigenvalue weighted by Gasteiger charge is -2.26. The van der Waals surface area contributed by atoms with Crippen molar-refractivity contribution in [3.63, 3.8) is 0 Å². The van der Waals surface area contributed by atoms with E-state index in [1.54, 1.807) is 11.0 Å². The number of likely N-dealkylation sites (tertiary alicyclic amines) is 2. The van der Waals surface area contributed by atoms with Crippen molar-refractivity contribution in [3.05, 3.63) is 52.1 Å². The normalized spacial score (nSPS) is 17.7. The van der Waals surface area contributed by atoms with Crippen LogP contribution in [-0.2, 0) is 9.59 Å². The van der Waals surface area contributed by atoms with Gasteiger partial charge in [0.05, 0.1) is 23.4 Å². The van der Waals surface area contributed by atoms with Crippen molar-refractivity contribution in [1.29, 1.82) is 0 Å². The number of carbonyl (C=O) groups excluding carboxylic acids is 2. The summed E-state index contributed by atoms with van der Waals surface area (Å²) >= 11 is 6.31. The average Bonchev–Trinajstić information content (AvgIpc) is 3.51. The second kappa shape index (κ2) is 15.3. The number of carboxylic acid groups (broad SMARTS) is 2. The number of aliphatic carboxylic acids is 2. The first kappa shape index (κ1) is 35.5. The number of aromatic nitrogens is 2. The number of aryl methyl sites for hydroxylation is 3. The molecule has 3 N–H and O–H groups in total. The molecule has 1 aromatic carbocycles. The predicted molar refractivity (Wildman–Crippen MR) is 158 cm³/mol. The number of rotatable bonds is 9. The van der Waals surface area contributed by atoms with Gasteiger partial charge in [0.25, 0.3) is 5.91 Å². The maximum Gasteiger partial charge on any atom is 0.490 e. The van der Waals surface area contributed by atoms with Crippen molar-refractivity contribution in [2.45, 2.75) is 39.8 Å². The van der Waals surface area contributed by atoms with Gasteiger partial charge < -0.3 is 25.3 Å². The molecule has 4 rings (SSSR count). The number of urea groups is 1. The Labute approximate surface area is 263 Å². The van der Waals surface area contributed by atoms with Crippen LogP contribution >= 0.6 is 11.6 Å². The standard InChI is InChI=1S/C27H35ClN6O4.C2HF3O2/c1-17-5-6-22(11-23(17)28)34(27(38)29-8-7-24(35)36)10-4-9-32-12-20-14-33(15-21(20)13-32)26(37)25-18(2)30-16-31-19(25)3;3-2(4,5)1(6)7/h5-6,11,16,20-21H,4,7-10,12-15H2,1-3H3,(H,29,38)(H,35,36);(H,6,7). The molecule has 3 heterocycles. The lowest BCUT2D eigenvalue weighted by Crippen LogP contribution is -2.42. The van der Waals surface area contributed by atoms with Gasteiger partial charge in [-0.25, -0.2) is 19.6 Å². The van der Waals surface area contributed by atoms with E-state index in [1.807, 2.05) is 37.8 Å². The minimum absolute atomic E-state index is 0.0165. The Morgan fingerprint density at radius 2 is 1.60 bits per heavy atom. The number of hydrogen-bond donors (Lipinski definition) is 3. The molecule has 2 atom stereocenters. The van der Waals surface area contributed by atoms with E-state index < -0.39 is 18.1 Å². The number of hydrogen-bond acceptors (Lipinski definition) is 7. The first-order valence-corrected chi connectivity index (χ1v) is 14.6. The summed E-state index contributed by atoms with van der Waals surface area (Å²) in [5.41, 5.74) is 3.64. The molecular weight excluding hydrogens is 621 g/mol. The summed E-state index contributed by atoms with van der Waals surface area (Å²) in [7, 11) is 0. The fraction of sp³-hybridized carbons (Fsp3) is 0.517. The van der Waals surface area contributed by atoms with E-state index in [-0.39, 0.29) is 24.9 Å². The fourth-order valence-electron chi connectivity index (χ4n) is 5.42. The van der Waals surface area contributed by atoms with Crippen LogP contribution in [0.2, 0.25) is 5.02 Å². The van der Waals surface area contributed by atoms with Crippen molar-refractivity contribution in [1.82, 2.24) is 25.1 Å². The zero-order valence-corrected chi connectivity index (χ0v) is 25.9. The van der Waals surface area contributed by atoms with E-state index in [4.69, 9.17) is 26.6 Å². The monoisotopic (exact) mass is 656 g/mol. The second-order valence-corrected chi connectivity index (χ2v) is 11.4. The van der Waals surface area contributed by atoms with Crippen LogP contribution in [0.5, 0.6) is 0 Å². The van der Waals surface area contributed by atoms with Crippen LogP contribution in [0.15, 0.2) is 24.5 Å². The highest BCUT2D eigenvalue weighted by atomic mass is 35.5. The molecule has 246 valence electrons. The summed E-state index contributed by atoms with van der Waals surface area (Å²) in [4.78, 5) is 60.2. The number of anilines is 1. The van der Waals surface area contributed by atoms with Crippen molar-refractivity contribution in [3.8, 4) is 0 Å². The summed E-state index contributed by atoms with van der Waals surface area (Å²) in [6.07, 6.45) is -2.98. The Kier molecular flexibility index (Phi) is 12.1. The van der Waals surface area contributed by atoms with E-state index in [0.29, 0.717) is 46.0 Å². The van der Waals surface area contributed by atoms with Crippen LogP contribution in [0.3, 0.4) is 0 Å². The van der Waals surface area contributed by atoms with Crippen LogP contribution in [-0.4, -0.2) is 106 Å². The fourth-order valence-corrected chi connectivity index (χ4v) is 5.60. The molecule has 2 unspecified atom stereocenters. The number of amides is 3. The van der Waals surface area contributed by atoms with E-state index >= 15 is 0 Å². The Bertz CT molecular complexity index is 1380. The van der Waals surface area contributed by atoms with Gasteiger partial charge in [-0.15, -0.1) is 0 Å². The number of nitrogens with one attached hydrogen (secondary N) is 1. The van der Waals surface area contributed by atoms with Gasteiger partial charge in [-0.2, -0.15) is 13.2 Å². The van der Waals surface area contributed by atoms with Crippen LogP contribution in [0.4, 0.5) is 23.7 Å². The molecule has 16 heteroatoms. The lowest BCUT2D eigenvalue weighted by molar-refractivity contribution is -0.192. The highest BCUT2D eigenvalue weighted by Gasteiger charge is 2.42. The SMILES string of the molecule is Cc1ccc(N(CCCN2CC3CN(C(=O)c4c(C)ncnc4C)CC3C2)C(=O)NCCC(=O)O)cc1Cl.O=C(O)C(F)(F)F. The maximum atomic E-state index is 13.2. The lowest BCUT2D eigenvalue weighted by atomic mass is 10.0. The summed E-state index contributed by atoms with van der Waals surface area (Å²) in [6, 6.07) is 5.15. The second-order valence-electron chi connectivity index (χ2n) is 11.0. The van der Waals surface area contributed by atoms with Crippen LogP contribution < -0.4 is 10.2 Å². The van der Waals surface area contributed by atoms with Crippen LogP contribution in [0, 0.1) is 32.6 Å². The van der Waals surface area contributed by atoms with Crippen molar-refractivity contribution >= 4 is 41.2 Å². The minimum atomic E-state index is -5.08. The zero-order chi connectivity index (χ0) is 33.5. The molecule has 2 fully saturated rings. The molecule has 2 aliphatic heterocycles. The number of benzene rings is 1. The molecule has 0 bridgehead atoms. The highest BCUT2D eigenvalue weighted by molar-refractivity contribution is 6.31. The van der Waals surface area contributed by atoms with E-state index in [2.05, 4.69) is 20.2 Å². The van der Waals surface area contributed by atoms with Gasteiger partial charge >= 0.3 is 24.1 Å². The van der Waals surface area contributed by atoms with Crippen LogP contribution in [0.25, 0.3) is 0 Å². The molecule has 12 nitrogen and oxygen atoms in total. The quantitative estimate of drug-likeness (QED) is 0.366. The number of carboxylic acids is 2. The third-order valence-corrected chi connectivity index (χ3v) is 8.12. The Morgan fingerprint density at radius 3 is 2.11 bits per heavy atom. The molecule has 2 aliphatic rings. The third-order valence-electron chi connectivity index (χ3n) is 7.72. The average molecular weight is 657 g/mol. The van der Waals surface area contributed by atoms with Gasteiger partial charge in [0, 0.05) is 50.0 Å². The smallest absolute Gasteiger partial charge is 0.481 e. The van der Waals surface area contributed by atoms with Crippen molar-refractivity contribution in [2.75, 3.05) is 50.7 Å². The molecule has 0 aliphatic carbocycles. The van der Waals surface area contributed by atoms with E-state index in [9.17, 15) is 27.6 Å². The predicted octanol–water partition coefficient (Wildman–Crippen LogP) is 3.77. The van der Waals surface area contributed by atoms with Gasteiger partial charge in [0.2, 0.25) is 0 Å². The Morgan fingerprint density at radius 1 is 1.02 bits per heavy atom. The number of alkyl halides is 3. The van der Waals surface area contributed by atoms with E-state index in [0.717, 1.165) is 44.7 Å². The molecule has 1 aromatic heterocycles. The number of carbonyl (C=O) groups is 4. The topological polar surface area (TPSA) is 156 Å². The van der Waals surface area contributed by atoms with Crippen molar-refractivity contribution in [2.24, 2.45) is 11.8 Å². The molecule has 0 saturated carbocycles. The number of halogens is 4. The first-order chi connectivity index (χ1) is 21.1. The summed E-state index contributed by atoms with van der Waals surface area (Å²) in [6.45, 7) is 10.2. The van der Waals surface area contributed by atoms with Gasteiger partial charge in [-0.05, 0) is 63.3 Å². The molecule has 0 spiro atoms. The molecule has 2 saturated heterocycles. The Hall–Kier alpha value is -3.98.